The highest BCUT2D eigenvalue weighted by atomic mass is 32.2. The van der Waals surface area contributed by atoms with Crippen molar-refractivity contribution in [3.05, 3.63) is 82.6 Å². The molecule has 6 N–H and O–H groups in total. The molecule has 0 aliphatic heterocycles. The zero-order chi connectivity index (χ0) is 29.6. The number of aliphatic hydroxyl groups excluding tert-OH is 1. The van der Waals surface area contributed by atoms with Crippen molar-refractivity contribution in [2.24, 2.45) is 20.5 Å². The zero-order valence-electron chi connectivity index (χ0n) is 20.7. The van der Waals surface area contributed by atoms with E-state index < -0.39 is 38.1 Å². The summed E-state index contributed by atoms with van der Waals surface area (Å²) in [5, 5.41) is 39.6. The molecule has 0 unspecified atom stereocenters. The molecule has 0 spiro atoms. The molecule has 1 amide bonds. The number of nitrogens with one attached hydrogen (secondary N) is 3. The van der Waals surface area contributed by atoms with E-state index in [0.717, 1.165) is 18.1 Å². The lowest BCUT2D eigenvalue weighted by atomic mass is 10.2. The summed E-state index contributed by atoms with van der Waals surface area (Å²) in [5.74, 6) is -1.41. The SMILES string of the molecule is C/C(O)=C(/N=Nc1ccc(N=Nc2ccc(SOOO)cc2)cc1S(=O)(=O)O)C(=O)Nc1ccc2[nH]c(=O)[nH]c2c1. The Labute approximate surface area is 234 Å². The number of fused-ring (bicyclic) bond motifs is 1. The number of benzene rings is 3. The molecule has 0 atom stereocenters. The van der Waals surface area contributed by atoms with Crippen LogP contribution in [0.5, 0.6) is 0 Å². The number of hydrogen-bond acceptors (Lipinski definition) is 13. The van der Waals surface area contributed by atoms with E-state index in [4.69, 9.17) is 5.26 Å². The number of hydrogen-bond donors (Lipinski definition) is 6. The predicted octanol–water partition coefficient (Wildman–Crippen LogP) is 5.46. The van der Waals surface area contributed by atoms with Gasteiger partial charge in [-0.25, -0.2) is 10.1 Å². The van der Waals surface area contributed by atoms with Gasteiger partial charge in [-0.2, -0.15) is 18.6 Å². The summed E-state index contributed by atoms with van der Waals surface area (Å²) >= 11 is 0.746. The number of azo groups is 2. The summed E-state index contributed by atoms with van der Waals surface area (Å²) in [5.41, 5.74) is 0.303. The Morgan fingerprint density at radius 1 is 0.951 bits per heavy atom. The molecule has 0 aliphatic rings. The molecule has 4 aromatic rings. The summed E-state index contributed by atoms with van der Waals surface area (Å²) < 4.78 is 38.1. The van der Waals surface area contributed by atoms with Crippen LogP contribution in [-0.2, 0) is 24.3 Å². The van der Waals surface area contributed by atoms with Crippen molar-refractivity contribution in [1.82, 2.24) is 9.97 Å². The first-order valence-electron chi connectivity index (χ1n) is 11.2. The first-order chi connectivity index (χ1) is 19.5. The fourth-order valence-electron chi connectivity index (χ4n) is 3.28. The van der Waals surface area contributed by atoms with E-state index >= 15 is 0 Å². The Hall–Kier alpha value is -4.72. The van der Waals surface area contributed by atoms with E-state index in [2.05, 4.69) is 45.1 Å². The second-order valence-corrected chi connectivity index (χ2v) is 10.1. The van der Waals surface area contributed by atoms with Gasteiger partial charge >= 0.3 is 5.69 Å². The fraction of sp³-hybridized carbons (Fsp3) is 0.0435. The molecule has 1 heterocycles. The predicted molar refractivity (Wildman–Crippen MR) is 145 cm³/mol. The molecule has 212 valence electrons. The van der Waals surface area contributed by atoms with Gasteiger partial charge in [-0.3, -0.25) is 9.35 Å². The lowest BCUT2D eigenvalue weighted by Gasteiger charge is -2.07. The van der Waals surface area contributed by atoms with E-state index in [9.17, 15) is 27.7 Å². The van der Waals surface area contributed by atoms with Crippen molar-refractivity contribution in [3.8, 4) is 0 Å². The molecule has 4 rings (SSSR count). The number of amides is 1. The Bertz CT molecular complexity index is 1840. The molecule has 16 nitrogen and oxygen atoms in total. The van der Waals surface area contributed by atoms with Crippen LogP contribution in [0.4, 0.5) is 22.7 Å². The van der Waals surface area contributed by atoms with Crippen molar-refractivity contribution in [2.75, 3.05) is 5.32 Å². The second kappa shape index (κ2) is 12.6. The molecule has 0 radical (unpaired) electrons. The Balaban J connectivity index is 1.55. The van der Waals surface area contributed by atoms with Gasteiger partial charge in [0.15, 0.2) is 5.70 Å². The van der Waals surface area contributed by atoms with Crippen LogP contribution in [0.25, 0.3) is 11.0 Å². The Kier molecular flexibility index (Phi) is 9.02. The number of nitrogens with zero attached hydrogens (tertiary/aromatic N) is 4. The van der Waals surface area contributed by atoms with E-state index in [1.54, 1.807) is 30.3 Å². The van der Waals surface area contributed by atoms with E-state index in [1.807, 2.05) is 0 Å². The van der Waals surface area contributed by atoms with Crippen LogP contribution in [0.15, 0.2) is 107 Å². The molecule has 3 aromatic carbocycles. The highest BCUT2D eigenvalue weighted by Gasteiger charge is 2.19. The topological polar surface area (TPSA) is 240 Å². The highest BCUT2D eigenvalue weighted by Crippen LogP contribution is 2.31. The van der Waals surface area contributed by atoms with Crippen LogP contribution in [0.2, 0.25) is 0 Å². The number of H-pyrrole nitrogens is 2. The number of carbonyl (C=O) groups excluding carboxylic acids is 1. The Morgan fingerprint density at radius 3 is 2.32 bits per heavy atom. The average Bonchev–Trinajstić information content (AvgIpc) is 3.30. The third-order valence-corrected chi connectivity index (χ3v) is 6.57. The molecular weight excluding hydrogens is 582 g/mol. The molecule has 0 saturated heterocycles. The minimum Gasteiger partial charge on any atom is -0.510 e. The second-order valence-electron chi connectivity index (χ2n) is 7.97. The Morgan fingerprint density at radius 2 is 1.63 bits per heavy atom. The minimum atomic E-state index is -4.82. The maximum atomic E-state index is 12.8. The van der Waals surface area contributed by atoms with Gasteiger partial charge in [0, 0.05) is 10.6 Å². The number of carbonyl (C=O) groups is 1. The average molecular weight is 602 g/mol. The molecule has 0 aliphatic carbocycles. The molecule has 18 heteroatoms. The lowest BCUT2D eigenvalue weighted by Crippen LogP contribution is -2.14. The molecule has 0 fully saturated rings. The number of anilines is 1. The van der Waals surface area contributed by atoms with Gasteiger partial charge in [0.2, 0.25) is 0 Å². The first kappa shape index (κ1) is 29.3. The monoisotopic (exact) mass is 601 g/mol. The van der Waals surface area contributed by atoms with Gasteiger partial charge in [-0.15, -0.1) is 14.6 Å². The van der Waals surface area contributed by atoms with Crippen molar-refractivity contribution < 1.29 is 37.5 Å². The lowest BCUT2D eigenvalue weighted by molar-refractivity contribution is -0.432. The van der Waals surface area contributed by atoms with Crippen molar-refractivity contribution in [3.63, 3.8) is 0 Å². The largest absolute Gasteiger partial charge is 0.510 e. The number of imidazole rings is 1. The fourth-order valence-corrected chi connectivity index (χ4v) is 4.28. The molecule has 0 saturated carbocycles. The molecule has 41 heavy (non-hydrogen) atoms. The highest BCUT2D eigenvalue weighted by molar-refractivity contribution is 7.94. The minimum absolute atomic E-state index is 0.0390. The summed E-state index contributed by atoms with van der Waals surface area (Å²) in [7, 11) is -4.82. The van der Waals surface area contributed by atoms with Gasteiger partial charge in [0.1, 0.15) is 16.3 Å². The summed E-state index contributed by atoms with van der Waals surface area (Å²) in [4.78, 5) is 29.2. The number of rotatable bonds is 10. The third-order valence-electron chi connectivity index (χ3n) is 5.09. The van der Waals surface area contributed by atoms with Gasteiger partial charge in [-0.1, -0.05) is 5.04 Å². The normalized spacial score (nSPS) is 12.8. The molecule has 1 aromatic heterocycles. The quantitative estimate of drug-likeness (QED) is 0.0255. The van der Waals surface area contributed by atoms with E-state index in [-0.39, 0.29) is 17.1 Å². The smallest absolute Gasteiger partial charge is 0.323 e. The summed E-state index contributed by atoms with van der Waals surface area (Å²) in [6.07, 6.45) is 0. The van der Waals surface area contributed by atoms with Crippen LogP contribution in [-0.4, -0.2) is 39.2 Å². The molecule has 0 bridgehead atoms. The van der Waals surface area contributed by atoms with E-state index in [0.29, 0.717) is 21.6 Å². The number of allylic oxidation sites excluding steroid dienone is 1. The summed E-state index contributed by atoms with van der Waals surface area (Å²) in [6, 6.07) is 14.3. The van der Waals surface area contributed by atoms with Crippen LogP contribution in [0, 0.1) is 0 Å². The van der Waals surface area contributed by atoms with Crippen LogP contribution in [0.3, 0.4) is 0 Å². The van der Waals surface area contributed by atoms with Gasteiger partial charge in [0.25, 0.3) is 16.0 Å². The number of aliphatic hydroxyl groups is 1. The van der Waals surface area contributed by atoms with Gasteiger partial charge in [-0.05, 0) is 67.6 Å². The van der Waals surface area contributed by atoms with Gasteiger partial charge in [0.05, 0.1) is 34.5 Å². The van der Waals surface area contributed by atoms with Crippen LogP contribution in [0.1, 0.15) is 6.92 Å². The summed E-state index contributed by atoms with van der Waals surface area (Å²) in [6.45, 7) is 1.17. The maximum Gasteiger partial charge on any atom is 0.323 e. The van der Waals surface area contributed by atoms with Crippen molar-refractivity contribution >= 4 is 61.9 Å². The van der Waals surface area contributed by atoms with Crippen LogP contribution < -0.4 is 11.0 Å². The van der Waals surface area contributed by atoms with Crippen molar-refractivity contribution in [1.29, 1.82) is 0 Å². The standard InChI is InChI=1S/C23H19N7O9S2/c1-12(31)21(22(32)24-14-4-8-17-19(10-14)26-23(33)25-17)30-29-18-9-5-15(11-20(18)41(35,36)37)28-27-13-2-6-16(7-3-13)40-39-38-34/h2-11,31,34H,1H3,(H,24,32)(H2,25,26,33)(H,35,36,37)/b21-12-,28-27?,30-29?. The molecular formula is C23H19N7O9S2. The van der Waals surface area contributed by atoms with Crippen molar-refractivity contribution in [2.45, 2.75) is 16.7 Å². The van der Waals surface area contributed by atoms with Crippen LogP contribution >= 0.6 is 12.0 Å². The first-order valence-corrected chi connectivity index (χ1v) is 13.3. The number of aromatic nitrogens is 2. The third kappa shape index (κ3) is 7.69. The van der Waals surface area contributed by atoms with Gasteiger partial charge < -0.3 is 20.4 Å². The zero-order valence-corrected chi connectivity index (χ0v) is 22.3. The van der Waals surface area contributed by atoms with E-state index in [1.165, 1.54) is 31.2 Å². The number of aromatic amines is 2. The maximum absolute atomic E-state index is 12.8.